The van der Waals surface area contributed by atoms with Crippen LogP contribution in [0.25, 0.3) is 0 Å². The topological polar surface area (TPSA) is 155 Å². The third-order valence-corrected chi connectivity index (χ3v) is 6.94. The summed E-state index contributed by atoms with van der Waals surface area (Å²) in [6, 6.07) is 13.3. The van der Waals surface area contributed by atoms with E-state index in [2.05, 4.69) is 15.6 Å². The summed E-state index contributed by atoms with van der Waals surface area (Å²) in [7, 11) is 0. The molecule has 4 amide bonds. The number of carbonyl (C=O) groups is 5. The molecule has 0 saturated carbocycles. The van der Waals surface area contributed by atoms with E-state index in [1.807, 2.05) is 37.3 Å². The monoisotopic (exact) mass is 620 g/mol. The van der Waals surface area contributed by atoms with Gasteiger partial charge in [-0.3, -0.25) is 14.4 Å². The Labute approximate surface area is 247 Å². The van der Waals surface area contributed by atoms with Crippen LogP contribution in [-0.4, -0.2) is 63.4 Å². The number of hydrogen-bond acceptors (Lipinski definition) is 8. The van der Waals surface area contributed by atoms with E-state index >= 15 is 0 Å². The van der Waals surface area contributed by atoms with E-state index in [4.69, 9.17) is 14.6 Å². The summed E-state index contributed by atoms with van der Waals surface area (Å²) in [6.07, 6.45) is -5.08. The van der Waals surface area contributed by atoms with Crippen LogP contribution in [0, 0.1) is 0 Å². The van der Waals surface area contributed by atoms with Gasteiger partial charge < -0.3 is 20.5 Å². The number of anilines is 1. The van der Waals surface area contributed by atoms with Crippen LogP contribution in [0.5, 0.6) is 5.75 Å². The summed E-state index contributed by atoms with van der Waals surface area (Å²) in [4.78, 5) is 65.8. The maximum atomic E-state index is 13.5. The highest BCUT2D eigenvalue weighted by Crippen LogP contribution is 2.32. The van der Waals surface area contributed by atoms with Crippen molar-refractivity contribution >= 4 is 46.1 Å². The van der Waals surface area contributed by atoms with Gasteiger partial charge in [-0.2, -0.15) is 13.2 Å². The van der Waals surface area contributed by atoms with Gasteiger partial charge in [0.2, 0.25) is 5.91 Å². The molecule has 3 N–H and O–H groups in total. The summed E-state index contributed by atoms with van der Waals surface area (Å²) in [5, 5.41) is 14.3. The lowest BCUT2D eigenvalue weighted by Gasteiger charge is -2.29. The third-order valence-electron chi connectivity index (χ3n) is 6.18. The second-order valence-corrected chi connectivity index (χ2v) is 9.98. The van der Waals surface area contributed by atoms with Crippen molar-refractivity contribution in [2.24, 2.45) is 0 Å². The molecule has 1 saturated heterocycles. The molecule has 11 nitrogen and oxygen atoms in total. The summed E-state index contributed by atoms with van der Waals surface area (Å²) >= 11 is 1.10. The maximum absolute atomic E-state index is 13.5. The Bertz CT molecular complexity index is 1480. The molecule has 2 aromatic carbocycles. The highest BCUT2D eigenvalue weighted by molar-refractivity contribution is 7.14. The first kappa shape index (κ1) is 32.7. The predicted octanol–water partition coefficient (Wildman–Crippen LogP) is 4.78. The first-order valence-electron chi connectivity index (χ1n) is 12.7. The minimum atomic E-state index is -5.08. The molecule has 2 heterocycles. The molecule has 3 atom stereocenters. The van der Waals surface area contributed by atoms with E-state index in [0.717, 1.165) is 21.8 Å². The Kier molecular flexibility index (Phi) is 10.6. The van der Waals surface area contributed by atoms with Crippen LogP contribution >= 0.6 is 11.3 Å². The number of benzene rings is 2. The Morgan fingerprint density at radius 2 is 1.72 bits per heavy atom. The van der Waals surface area contributed by atoms with Gasteiger partial charge in [0, 0.05) is 18.2 Å². The van der Waals surface area contributed by atoms with Crippen LogP contribution in [0.15, 0.2) is 60.0 Å². The minimum Gasteiger partial charge on any atom is -0.494 e. The van der Waals surface area contributed by atoms with Crippen molar-refractivity contribution in [3.8, 4) is 5.75 Å². The van der Waals surface area contributed by atoms with Crippen LogP contribution < -0.4 is 15.4 Å². The lowest BCUT2D eigenvalue weighted by Crippen LogP contribution is -2.50. The fourth-order valence-electron chi connectivity index (χ4n) is 4.09. The number of imide groups is 1. The molecule has 0 bridgehead atoms. The van der Waals surface area contributed by atoms with Gasteiger partial charge in [0.1, 0.15) is 23.5 Å². The van der Waals surface area contributed by atoms with E-state index in [1.54, 1.807) is 36.6 Å². The summed E-state index contributed by atoms with van der Waals surface area (Å²) in [5.41, 5.74) is 1.59. The number of Topliss-reactive ketones (excluding diaryl/α,β-unsaturated/α-hetero) is 1. The second-order valence-electron chi connectivity index (χ2n) is 9.12. The van der Waals surface area contributed by atoms with Gasteiger partial charge in [-0.1, -0.05) is 49.4 Å². The average molecular weight is 621 g/mol. The van der Waals surface area contributed by atoms with E-state index in [9.17, 15) is 32.3 Å². The Morgan fingerprint density at radius 3 is 2.23 bits per heavy atom. The van der Waals surface area contributed by atoms with Crippen molar-refractivity contribution in [2.75, 3.05) is 11.9 Å². The van der Waals surface area contributed by atoms with Gasteiger partial charge in [0.05, 0.1) is 6.61 Å². The number of ether oxygens (including phenoxy) is 1. The van der Waals surface area contributed by atoms with Crippen molar-refractivity contribution in [2.45, 2.75) is 44.9 Å². The number of amides is 4. The molecule has 0 aliphatic carbocycles. The molecule has 1 aliphatic rings. The van der Waals surface area contributed by atoms with Crippen LogP contribution in [0.3, 0.4) is 0 Å². The largest absolute Gasteiger partial charge is 0.494 e. The van der Waals surface area contributed by atoms with Crippen LogP contribution in [0.1, 0.15) is 54.3 Å². The second kappa shape index (κ2) is 13.9. The highest BCUT2D eigenvalue weighted by atomic mass is 32.1. The van der Waals surface area contributed by atoms with Crippen LogP contribution in [0.4, 0.5) is 23.1 Å². The number of rotatable bonds is 9. The van der Waals surface area contributed by atoms with E-state index in [-0.39, 0.29) is 16.6 Å². The minimum absolute atomic E-state index is 0.213. The number of urea groups is 1. The summed E-state index contributed by atoms with van der Waals surface area (Å²) in [6.45, 7) is 5.55. The molecule has 0 radical (unpaired) electrons. The number of carboxylic acid groups (broad SMARTS) is 1. The summed E-state index contributed by atoms with van der Waals surface area (Å²) < 4.78 is 37.2. The van der Waals surface area contributed by atoms with Crippen molar-refractivity contribution in [1.29, 1.82) is 0 Å². The number of aliphatic carboxylic acids is 1. The Hall–Kier alpha value is -4.79. The lowest BCUT2D eigenvalue weighted by molar-refractivity contribution is -0.192. The van der Waals surface area contributed by atoms with Crippen molar-refractivity contribution in [3.05, 3.63) is 76.8 Å². The molecule has 1 aromatic heterocycles. The van der Waals surface area contributed by atoms with E-state index < -0.39 is 48.0 Å². The molecule has 0 spiro atoms. The number of nitrogens with zero attached hydrogens (tertiary/aromatic N) is 2. The molecule has 43 heavy (non-hydrogen) atoms. The molecule has 228 valence electrons. The van der Waals surface area contributed by atoms with Crippen molar-refractivity contribution < 1.29 is 47.0 Å². The number of carbonyl (C=O) groups excluding carboxylic acids is 4. The van der Waals surface area contributed by atoms with Gasteiger partial charge in [0.25, 0.3) is 5.91 Å². The van der Waals surface area contributed by atoms with Crippen LogP contribution in [-0.2, 0) is 14.4 Å². The molecule has 1 fully saturated rings. The number of ketones is 1. The molecular weight excluding hydrogens is 593 g/mol. The van der Waals surface area contributed by atoms with Crippen LogP contribution in [0.2, 0.25) is 0 Å². The maximum Gasteiger partial charge on any atom is 0.490 e. The number of halogens is 3. The lowest BCUT2D eigenvalue weighted by atomic mass is 9.91. The molecule has 1 aliphatic heterocycles. The van der Waals surface area contributed by atoms with Gasteiger partial charge >= 0.3 is 18.2 Å². The number of hydrogen-bond donors (Lipinski definition) is 3. The SMILES string of the molecule is CCOc1ccc([C@H]2NC(=O)N([C@H](C(=O)Nc3nc(C(C)=O)cs3)[C@@H](C)c3ccccc3)C2=O)cc1.O=C(O)C(F)(F)F. The molecule has 3 aromatic rings. The number of carboxylic acids is 1. The summed E-state index contributed by atoms with van der Waals surface area (Å²) in [5.74, 6) is -3.96. The fraction of sp³-hybridized carbons (Fsp3) is 0.286. The van der Waals surface area contributed by atoms with Gasteiger partial charge in [-0.05, 0) is 30.2 Å². The Balaban J connectivity index is 0.000000646. The molecule has 15 heteroatoms. The molecule has 4 rings (SSSR count). The average Bonchev–Trinajstić information content (AvgIpc) is 3.54. The fourth-order valence-corrected chi connectivity index (χ4v) is 4.84. The Morgan fingerprint density at radius 1 is 1.12 bits per heavy atom. The van der Waals surface area contributed by atoms with Crippen molar-refractivity contribution in [1.82, 2.24) is 15.2 Å². The number of aromatic nitrogens is 1. The third kappa shape index (κ3) is 8.16. The number of alkyl halides is 3. The zero-order valence-corrected chi connectivity index (χ0v) is 23.9. The zero-order valence-electron chi connectivity index (χ0n) is 23.0. The van der Waals surface area contributed by atoms with Crippen molar-refractivity contribution in [3.63, 3.8) is 0 Å². The normalized spacial score (nSPS) is 16.0. The first-order chi connectivity index (χ1) is 20.2. The smallest absolute Gasteiger partial charge is 0.490 e. The van der Waals surface area contributed by atoms with E-state index in [1.165, 1.54) is 6.92 Å². The highest BCUT2D eigenvalue weighted by Gasteiger charge is 2.47. The molecule has 0 unspecified atom stereocenters. The standard InChI is InChI=1S/C26H26N4O5S.C2HF3O2/c1-4-35-19-12-10-18(11-13-19)21-24(33)30(26(34)28-21)22(15(2)17-8-6-5-7-9-17)23(32)29-25-27-20(14-36-25)16(3)31;3-2(4,5)1(6)7/h5-15,21-22H,4H2,1-3H3,(H,28,34)(H,27,29,32);(H,6,7)/t15-,21+,22-;/m0./s1. The van der Waals surface area contributed by atoms with E-state index in [0.29, 0.717) is 17.9 Å². The zero-order chi connectivity index (χ0) is 31.9. The van der Waals surface area contributed by atoms with Gasteiger partial charge in [-0.25, -0.2) is 19.5 Å². The number of nitrogens with one attached hydrogen (secondary N) is 2. The molecular formula is C28H27F3N4O7S. The number of thiazole rings is 1. The quantitative estimate of drug-likeness (QED) is 0.228. The van der Waals surface area contributed by atoms with Gasteiger partial charge in [-0.15, -0.1) is 11.3 Å². The first-order valence-corrected chi connectivity index (χ1v) is 13.6. The van der Waals surface area contributed by atoms with Gasteiger partial charge in [0.15, 0.2) is 10.9 Å². The predicted molar refractivity (Wildman–Crippen MR) is 149 cm³/mol.